The average molecular weight is 247 g/mol. The van der Waals surface area contributed by atoms with E-state index in [1.165, 1.54) is 0 Å². The molecule has 0 spiro atoms. The molecule has 0 saturated heterocycles. The molecule has 0 unspecified atom stereocenters. The van der Waals surface area contributed by atoms with Crippen LogP contribution < -0.4 is 5.32 Å². The minimum absolute atomic E-state index is 0.369. The first-order valence-electron chi connectivity index (χ1n) is 6.08. The van der Waals surface area contributed by atoms with Gasteiger partial charge in [-0.25, -0.2) is 4.79 Å². The van der Waals surface area contributed by atoms with Gasteiger partial charge in [-0.15, -0.1) is 0 Å². The molecule has 0 fully saturated rings. The summed E-state index contributed by atoms with van der Waals surface area (Å²) in [6.45, 7) is 11.9. The molecule has 1 N–H and O–H groups in total. The monoisotopic (exact) mass is 247 g/mol. The fourth-order valence-electron chi connectivity index (χ4n) is 1.67. The topological polar surface area (TPSA) is 38.3 Å². The van der Waals surface area contributed by atoms with Crippen LogP contribution in [-0.4, -0.2) is 12.7 Å². The van der Waals surface area contributed by atoms with E-state index in [9.17, 15) is 4.79 Å². The van der Waals surface area contributed by atoms with E-state index >= 15 is 0 Å². The molecule has 98 valence electrons. The molecule has 0 saturated carbocycles. The lowest BCUT2D eigenvalue weighted by atomic mass is 9.92. The van der Waals surface area contributed by atoms with Crippen LogP contribution >= 0.6 is 0 Å². The lowest BCUT2D eigenvalue weighted by Crippen LogP contribution is -2.41. The van der Waals surface area contributed by atoms with Gasteiger partial charge < -0.3 is 10.1 Å². The lowest BCUT2D eigenvalue weighted by molar-refractivity contribution is 0.141. The first-order valence-corrected chi connectivity index (χ1v) is 6.08. The zero-order valence-corrected chi connectivity index (χ0v) is 11.5. The third-order valence-electron chi connectivity index (χ3n) is 2.77. The van der Waals surface area contributed by atoms with E-state index in [4.69, 9.17) is 4.74 Å². The fourth-order valence-corrected chi connectivity index (χ4v) is 1.67. The van der Waals surface area contributed by atoms with Crippen molar-refractivity contribution in [3.8, 4) is 0 Å². The van der Waals surface area contributed by atoms with Gasteiger partial charge in [-0.3, -0.25) is 0 Å². The summed E-state index contributed by atoms with van der Waals surface area (Å²) in [6, 6.07) is 7.99. The maximum atomic E-state index is 11.5. The summed E-state index contributed by atoms with van der Waals surface area (Å²) in [5, 5.41) is 2.85. The highest BCUT2D eigenvalue weighted by Crippen LogP contribution is 2.23. The molecular formula is C15H21NO2. The maximum absolute atomic E-state index is 11.5. The van der Waals surface area contributed by atoms with Crippen molar-refractivity contribution in [3.05, 3.63) is 42.0 Å². The van der Waals surface area contributed by atoms with E-state index in [-0.39, 0.29) is 0 Å². The Morgan fingerprint density at radius 2 is 2.11 bits per heavy atom. The van der Waals surface area contributed by atoms with Gasteiger partial charge in [0.2, 0.25) is 0 Å². The lowest BCUT2D eigenvalue weighted by Gasteiger charge is -2.26. The van der Waals surface area contributed by atoms with Crippen molar-refractivity contribution in [1.29, 1.82) is 0 Å². The molecule has 1 amide bonds. The van der Waals surface area contributed by atoms with Gasteiger partial charge in [-0.2, -0.15) is 0 Å². The minimum atomic E-state index is -0.474. The van der Waals surface area contributed by atoms with E-state index in [1.54, 1.807) is 6.92 Å². The molecule has 18 heavy (non-hydrogen) atoms. The van der Waals surface area contributed by atoms with Crippen LogP contribution in [0.2, 0.25) is 0 Å². The standard InChI is InChI=1S/C15H21NO2/c1-6-18-14(17)16-15(4,5)13-9-7-8-12(10-13)11(2)3/h7-10H,2,6H2,1,3-5H3,(H,16,17). The highest BCUT2D eigenvalue weighted by molar-refractivity contribution is 5.69. The van der Waals surface area contributed by atoms with Gasteiger partial charge >= 0.3 is 6.09 Å². The minimum Gasteiger partial charge on any atom is -0.450 e. The summed E-state index contributed by atoms with van der Waals surface area (Å²) < 4.78 is 4.91. The number of amides is 1. The number of alkyl carbamates (subject to hydrolysis) is 1. The fraction of sp³-hybridized carbons (Fsp3) is 0.400. The summed E-state index contributed by atoms with van der Waals surface area (Å²) in [7, 11) is 0. The van der Waals surface area contributed by atoms with Gasteiger partial charge in [-0.05, 0) is 44.9 Å². The van der Waals surface area contributed by atoms with Gasteiger partial charge in [0, 0.05) is 0 Å². The number of hydrogen-bond donors (Lipinski definition) is 1. The Bertz CT molecular complexity index is 450. The van der Waals surface area contributed by atoms with Crippen LogP contribution in [0.1, 0.15) is 38.8 Å². The first-order chi connectivity index (χ1) is 8.36. The maximum Gasteiger partial charge on any atom is 0.407 e. The number of ether oxygens (including phenoxy) is 1. The molecule has 0 atom stereocenters. The molecule has 0 bridgehead atoms. The SMILES string of the molecule is C=C(C)c1cccc(C(C)(C)NC(=O)OCC)c1. The Morgan fingerprint density at radius 3 is 2.67 bits per heavy atom. The van der Waals surface area contributed by atoms with Crippen molar-refractivity contribution < 1.29 is 9.53 Å². The van der Waals surface area contributed by atoms with Gasteiger partial charge in [0.25, 0.3) is 0 Å². The molecule has 0 heterocycles. The van der Waals surface area contributed by atoms with Crippen molar-refractivity contribution in [2.45, 2.75) is 33.2 Å². The van der Waals surface area contributed by atoms with Gasteiger partial charge in [0.1, 0.15) is 0 Å². The quantitative estimate of drug-likeness (QED) is 0.881. The van der Waals surface area contributed by atoms with E-state index in [0.29, 0.717) is 6.61 Å². The molecule has 1 aromatic carbocycles. The zero-order chi connectivity index (χ0) is 13.8. The number of benzene rings is 1. The normalized spacial score (nSPS) is 10.9. The predicted molar refractivity (Wildman–Crippen MR) is 74.3 cm³/mol. The van der Waals surface area contributed by atoms with Crippen molar-refractivity contribution >= 4 is 11.7 Å². The molecule has 1 rings (SSSR count). The second kappa shape index (κ2) is 5.71. The Balaban J connectivity index is 2.93. The van der Waals surface area contributed by atoms with E-state index < -0.39 is 11.6 Å². The molecule has 0 aliphatic heterocycles. The van der Waals surface area contributed by atoms with Crippen LogP contribution in [0, 0.1) is 0 Å². The number of nitrogens with one attached hydrogen (secondary N) is 1. The van der Waals surface area contributed by atoms with E-state index in [2.05, 4.69) is 11.9 Å². The average Bonchev–Trinajstić information content (AvgIpc) is 2.28. The first kappa shape index (κ1) is 14.3. The zero-order valence-electron chi connectivity index (χ0n) is 11.5. The second-order valence-corrected chi connectivity index (χ2v) is 4.83. The number of hydrogen-bond acceptors (Lipinski definition) is 2. The highest BCUT2D eigenvalue weighted by Gasteiger charge is 2.23. The second-order valence-electron chi connectivity index (χ2n) is 4.83. The number of rotatable bonds is 4. The van der Waals surface area contributed by atoms with Crippen molar-refractivity contribution in [1.82, 2.24) is 5.32 Å². The summed E-state index contributed by atoms with van der Waals surface area (Å²) >= 11 is 0. The van der Waals surface area contributed by atoms with Crippen LogP contribution in [0.4, 0.5) is 4.79 Å². The molecule has 0 aliphatic rings. The predicted octanol–water partition coefficient (Wildman–Crippen LogP) is 3.70. The molecule has 0 radical (unpaired) electrons. The Hall–Kier alpha value is -1.77. The van der Waals surface area contributed by atoms with Gasteiger partial charge in [0.05, 0.1) is 12.1 Å². The van der Waals surface area contributed by atoms with E-state index in [1.807, 2.05) is 45.0 Å². The van der Waals surface area contributed by atoms with Crippen LogP contribution in [0.15, 0.2) is 30.8 Å². The Morgan fingerprint density at radius 1 is 1.44 bits per heavy atom. The van der Waals surface area contributed by atoms with E-state index in [0.717, 1.165) is 16.7 Å². The Labute approximate surface area is 109 Å². The van der Waals surface area contributed by atoms with Gasteiger partial charge in [0.15, 0.2) is 0 Å². The number of allylic oxidation sites excluding steroid dienone is 1. The Kier molecular flexibility index (Phi) is 4.54. The molecular weight excluding hydrogens is 226 g/mol. The smallest absolute Gasteiger partial charge is 0.407 e. The summed E-state index contributed by atoms with van der Waals surface area (Å²) in [5.74, 6) is 0. The van der Waals surface area contributed by atoms with Crippen LogP contribution in [0.3, 0.4) is 0 Å². The molecule has 0 aliphatic carbocycles. The largest absolute Gasteiger partial charge is 0.450 e. The van der Waals surface area contributed by atoms with Crippen LogP contribution in [0.25, 0.3) is 5.57 Å². The summed E-state index contributed by atoms with van der Waals surface area (Å²) in [5.41, 5.74) is 2.63. The highest BCUT2D eigenvalue weighted by atomic mass is 16.5. The van der Waals surface area contributed by atoms with Crippen LogP contribution in [0.5, 0.6) is 0 Å². The van der Waals surface area contributed by atoms with Crippen LogP contribution in [-0.2, 0) is 10.3 Å². The third kappa shape index (κ3) is 3.62. The van der Waals surface area contributed by atoms with Crippen molar-refractivity contribution in [2.24, 2.45) is 0 Å². The summed E-state index contributed by atoms with van der Waals surface area (Å²) in [4.78, 5) is 11.5. The molecule has 1 aromatic rings. The summed E-state index contributed by atoms with van der Waals surface area (Å²) in [6.07, 6.45) is -0.400. The molecule has 3 heteroatoms. The van der Waals surface area contributed by atoms with Gasteiger partial charge in [-0.1, -0.05) is 30.4 Å². The third-order valence-corrected chi connectivity index (χ3v) is 2.77. The molecule has 3 nitrogen and oxygen atoms in total. The van der Waals surface area contributed by atoms with Crippen molar-refractivity contribution in [2.75, 3.05) is 6.61 Å². The number of carbonyl (C=O) groups is 1. The van der Waals surface area contributed by atoms with Crippen molar-refractivity contribution in [3.63, 3.8) is 0 Å². The molecule has 0 aromatic heterocycles. The number of carbonyl (C=O) groups excluding carboxylic acids is 1.